The molecule has 1 heterocycles. The van der Waals surface area contributed by atoms with Gasteiger partial charge in [-0.2, -0.15) is 23.4 Å². The van der Waals surface area contributed by atoms with E-state index in [4.69, 9.17) is 5.26 Å². The molecule has 0 radical (unpaired) electrons. The zero-order chi connectivity index (χ0) is 11.5. The van der Waals surface area contributed by atoms with Gasteiger partial charge in [-0.15, -0.1) is 0 Å². The summed E-state index contributed by atoms with van der Waals surface area (Å²) in [6, 6.07) is 0.753. The van der Waals surface area contributed by atoms with Gasteiger partial charge in [0.05, 0.1) is 0 Å². The Labute approximate surface area is 83.0 Å². The monoisotopic (exact) mass is 217 g/mol. The van der Waals surface area contributed by atoms with E-state index in [0.717, 1.165) is 6.07 Å². The van der Waals surface area contributed by atoms with Crippen LogP contribution in [0, 0.1) is 11.5 Å². The predicted octanol–water partition coefficient (Wildman–Crippen LogP) is 1.43. The summed E-state index contributed by atoms with van der Waals surface area (Å²) in [7, 11) is 1.42. The molecule has 8 heteroatoms. The smallest absolute Gasteiger partial charge is 0.373 e. The Morgan fingerprint density at radius 3 is 2.53 bits per heavy atom. The largest absolute Gasteiger partial charge is 0.433 e. The van der Waals surface area contributed by atoms with Crippen LogP contribution < -0.4 is 10.6 Å². The average Bonchev–Trinajstić information content (AvgIpc) is 2.16. The number of hydrogen-bond acceptors (Lipinski definition) is 5. The lowest BCUT2D eigenvalue weighted by Gasteiger charge is -2.08. The average molecular weight is 217 g/mol. The maximum atomic E-state index is 12.3. The summed E-state index contributed by atoms with van der Waals surface area (Å²) in [5.41, 5.74) is -1.11. The third-order valence-electron chi connectivity index (χ3n) is 1.44. The fourth-order valence-electron chi connectivity index (χ4n) is 0.826. The maximum Gasteiger partial charge on any atom is 0.433 e. The molecule has 0 aliphatic rings. The Bertz CT molecular complexity index is 395. The lowest BCUT2D eigenvalue weighted by Crippen LogP contribution is -2.11. The molecule has 1 rings (SSSR count). The first-order valence-corrected chi connectivity index (χ1v) is 3.76. The summed E-state index contributed by atoms with van der Waals surface area (Å²) in [6.45, 7) is 0. The van der Waals surface area contributed by atoms with Crippen molar-refractivity contribution in [1.29, 1.82) is 5.26 Å². The molecule has 0 saturated heterocycles. The van der Waals surface area contributed by atoms with Crippen LogP contribution in [0.5, 0.6) is 0 Å². The lowest BCUT2D eigenvalue weighted by atomic mass is 10.4. The Morgan fingerprint density at radius 2 is 2.07 bits per heavy atom. The van der Waals surface area contributed by atoms with Crippen LogP contribution in [0.2, 0.25) is 0 Å². The molecule has 0 aliphatic heterocycles. The Kier molecular flexibility index (Phi) is 2.94. The van der Waals surface area contributed by atoms with Crippen LogP contribution in [-0.2, 0) is 6.18 Å². The molecule has 0 fully saturated rings. The van der Waals surface area contributed by atoms with E-state index in [0.29, 0.717) is 0 Å². The van der Waals surface area contributed by atoms with E-state index in [1.807, 2.05) is 5.32 Å². The molecule has 0 saturated carbocycles. The highest BCUT2D eigenvalue weighted by Crippen LogP contribution is 2.29. The Morgan fingerprint density at radius 1 is 1.40 bits per heavy atom. The molecule has 0 amide bonds. The highest BCUT2D eigenvalue weighted by atomic mass is 19.4. The number of aromatic nitrogens is 2. The van der Waals surface area contributed by atoms with Gasteiger partial charge < -0.3 is 5.32 Å². The second kappa shape index (κ2) is 4.00. The normalized spacial score (nSPS) is 10.6. The van der Waals surface area contributed by atoms with Crippen LogP contribution in [-0.4, -0.2) is 17.0 Å². The molecule has 0 unspecified atom stereocenters. The maximum absolute atomic E-state index is 12.3. The Balaban J connectivity index is 3.18. The van der Waals surface area contributed by atoms with E-state index in [2.05, 4.69) is 15.3 Å². The fourth-order valence-corrected chi connectivity index (χ4v) is 0.826. The predicted molar refractivity (Wildman–Crippen MR) is 45.8 cm³/mol. The van der Waals surface area contributed by atoms with Gasteiger partial charge >= 0.3 is 6.18 Å². The quantitative estimate of drug-likeness (QED) is 0.579. The number of nitrogens with zero attached hydrogens (tertiary/aromatic N) is 3. The number of rotatable bonds is 2. The standard InChI is InChI=1S/C7H6F3N5/c1-12-5-2-4(7(8,9)10)14-6(15-5)13-3-11/h2H,1H3,(H2,12,13,14,15). The number of hydrogen-bond donors (Lipinski definition) is 2. The minimum absolute atomic E-state index is 0.0184. The van der Waals surface area contributed by atoms with E-state index in [1.165, 1.54) is 13.2 Å². The van der Waals surface area contributed by atoms with Crippen molar-refractivity contribution in [2.75, 3.05) is 17.7 Å². The van der Waals surface area contributed by atoms with Gasteiger partial charge in [-0.05, 0) is 0 Å². The molecule has 1 aromatic heterocycles. The van der Waals surface area contributed by atoms with Crippen molar-refractivity contribution >= 4 is 11.8 Å². The van der Waals surface area contributed by atoms with Gasteiger partial charge in [0.25, 0.3) is 0 Å². The molecule has 1 aromatic rings. The Hall–Kier alpha value is -2.04. The molecule has 0 atom stereocenters. The molecule has 0 bridgehead atoms. The second-order valence-electron chi connectivity index (χ2n) is 2.45. The van der Waals surface area contributed by atoms with Gasteiger partial charge in [0, 0.05) is 13.1 Å². The van der Waals surface area contributed by atoms with E-state index < -0.39 is 17.8 Å². The number of nitrogens with one attached hydrogen (secondary N) is 2. The van der Waals surface area contributed by atoms with E-state index in [9.17, 15) is 13.2 Å². The van der Waals surface area contributed by atoms with Crippen molar-refractivity contribution in [2.45, 2.75) is 6.18 Å². The number of halogens is 3. The summed E-state index contributed by atoms with van der Waals surface area (Å²) < 4.78 is 36.9. The number of anilines is 2. The summed E-state index contributed by atoms with van der Waals surface area (Å²) >= 11 is 0. The van der Waals surface area contributed by atoms with Crippen LogP contribution in [0.1, 0.15) is 5.69 Å². The first kappa shape index (κ1) is 11.0. The first-order valence-electron chi connectivity index (χ1n) is 3.76. The molecule has 0 aliphatic carbocycles. The zero-order valence-corrected chi connectivity index (χ0v) is 7.55. The van der Waals surface area contributed by atoms with Crippen molar-refractivity contribution in [2.24, 2.45) is 0 Å². The molecular weight excluding hydrogens is 211 g/mol. The highest BCUT2D eigenvalue weighted by molar-refractivity contribution is 5.44. The molecular formula is C7H6F3N5. The molecule has 2 N–H and O–H groups in total. The van der Waals surface area contributed by atoms with Gasteiger partial charge in [-0.1, -0.05) is 0 Å². The van der Waals surface area contributed by atoms with Crippen LogP contribution in [0.25, 0.3) is 0 Å². The van der Waals surface area contributed by atoms with Crippen molar-refractivity contribution in [3.63, 3.8) is 0 Å². The minimum atomic E-state index is -4.57. The summed E-state index contributed by atoms with van der Waals surface area (Å²) in [5.74, 6) is -0.410. The summed E-state index contributed by atoms with van der Waals surface area (Å²) in [4.78, 5) is 6.73. The number of alkyl halides is 3. The van der Waals surface area contributed by atoms with E-state index in [-0.39, 0.29) is 5.82 Å². The van der Waals surface area contributed by atoms with Crippen molar-refractivity contribution in [1.82, 2.24) is 9.97 Å². The van der Waals surface area contributed by atoms with Crippen LogP contribution in [0.15, 0.2) is 6.07 Å². The van der Waals surface area contributed by atoms with E-state index >= 15 is 0 Å². The molecule has 80 valence electrons. The van der Waals surface area contributed by atoms with Gasteiger partial charge in [-0.25, -0.2) is 4.98 Å². The van der Waals surface area contributed by atoms with E-state index in [1.54, 1.807) is 0 Å². The second-order valence-corrected chi connectivity index (χ2v) is 2.45. The van der Waals surface area contributed by atoms with Crippen LogP contribution in [0.3, 0.4) is 0 Å². The number of nitriles is 1. The topological polar surface area (TPSA) is 73.6 Å². The van der Waals surface area contributed by atoms with Gasteiger partial charge in [0.1, 0.15) is 5.82 Å². The zero-order valence-electron chi connectivity index (χ0n) is 7.55. The highest BCUT2D eigenvalue weighted by Gasteiger charge is 2.33. The third-order valence-corrected chi connectivity index (χ3v) is 1.44. The SMILES string of the molecule is CNc1cc(C(F)(F)F)nc(NC#N)n1. The van der Waals surface area contributed by atoms with Crippen LogP contribution in [0.4, 0.5) is 24.9 Å². The van der Waals surface area contributed by atoms with Crippen LogP contribution >= 0.6 is 0 Å². The summed E-state index contributed by atoms with van der Waals surface area (Å²) in [6.07, 6.45) is -3.13. The molecule has 15 heavy (non-hydrogen) atoms. The lowest BCUT2D eigenvalue weighted by molar-refractivity contribution is -0.141. The first-order chi connectivity index (χ1) is 6.97. The molecule has 0 spiro atoms. The van der Waals surface area contributed by atoms with Crippen molar-refractivity contribution in [3.05, 3.63) is 11.8 Å². The molecule has 0 aromatic carbocycles. The van der Waals surface area contributed by atoms with Crippen molar-refractivity contribution in [3.8, 4) is 6.19 Å². The van der Waals surface area contributed by atoms with Gasteiger partial charge in [0.2, 0.25) is 5.95 Å². The minimum Gasteiger partial charge on any atom is -0.373 e. The van der Waals surface area contributed by atoms with Gasteiger partial charge in [-0.3, -0.25) is 5.32 Å². The third kappa shape index (κ3) is 2.70. The van der Waals surface area contributed by atoms with Gasteiger partial charge in [0.15, 0.2) is 11.9 Å². The van der Waals surface area contributed by atoms with Crippen molar-refractivity contribution < 1.29 is 13.2 Å². The molecule has 5 nitrogen and oxygen atoms in total. The summed E-state index contributed by atoms with van der Waals surface area (Å²) in [5, 5.41) is 12.6. The fraction of sp³-hybridized carbons (Fsp3) is 0.286.